The molecule has 0 aliphatic carbocycles. The lowest BCUT2D eigenvalue weighted by atomic mass is 10.1. The third-order valence-corrected chi connectivity index (χ3v) is 3.75. The lowest BCUT2D eigenvalue weighted by Crippen LogP contribution is -2.37. The van der Waals surface area contributed by atoms with E-state index in [-0.39, 0.29) is 11.9 Å². The van der Waals surface area contributed by atoms with Gasteiger partial charge in [0.2, 0.25) is 5.91 Å². The van der Waals surface area contributed by atoms with Crippen molar-refractivity contribution in [3.8, 4) is 0 Å². The molecule has 2 N–H and O–H groups in total. The fourth-order valence-corrected chi connectivity index (χ4v) is 2.54. The summed E-state index contributed by atoms with van der Waals surface area (Å²) in [6.45, 7) is 2.63. The zero-order valence-electron chi connectivity index (χ0n) is 12.8. The maximum atomic E-state index is 11.9. The first-order chi connectivity index (χ1) is 10.2. The molecule has 1 atom stereocenters. The Balaban J connectivity index is 1.80. The van der Waals surface area contributed by atoms with E-state index in [0.717, 1.165) is 24.8 Å². The van der Waals surface area contributed by atoms with Crippen LogP contribution in [0.2, 0.25) is 0 Å². The van der Waals surface area contributed by atoms with E-state index in [9.17, 15) is 4.79 Å². The Morgan fingerprint density at radius 3 is 2.95 bits per heavy atom. The molecule has 2 rings (SSSR count). The topological polar surface area (TPSA) is 54.1 Å². The predicted molar refractivity (Wildman–Crippen MR) is 85.3 cm³/mol. The molecule has 4 nitrogen and oxygen atoms in total. The number of carbonyl (C=O) groups is 1. The van der Waals surface area contributed by atoms with Gasteiger partial charge in [-0.25, -0.2) is 0 Å². The number of rotatable bonds is 8. The average molecular weight is 288 g/mol. The van der Waals surface area contributed by atoms with Crippen LogP contribution in [0.1, 0.15) is 31.7 Å². The molecule has 4 heteroatoms. The Morgan fingerprint density at radius 2 is 2.19 bits per heavy atom. The van der Waals surface area contributed by atoms with Gasteiger partial charge < -0.3 is 15.0 Å². The maximum absolute atomic E-state index is 11.9. The molecule has 0 fully saturated rings. The summed E-state index contributed by atoms with van der Waals surface area (Å²) in [5, 5.41) is 4.27. The number of hydrogen-bond acceptors (Lipinski definition) is 2. The van der Waals surface area contributed by atoms with Gasteiger partial charge in [0.1, 0.15) is 0 Å². The second-order valence-electron chi connectivity index (χ2n) is 5.34. The number of ether oxygens (including phenoxy) is 1. The third-order valence-electron chi connectivity index (χ3n) is 3.75. The van der Waals surface area contributed by atoms with E-state index in [4.69, 9.17) is 4.74 Å². The van der Waals surface area contributed by atoms with Crippen molar-refractivity contribution in [2.24, 2.45) is 0 Å². The van der Waals surface area contributed by atoms with Gasteiger partial charge in [-0.3, -0.25) is 4.79 Å². The van der Waals surface area contributed by atoms with Crippen LogP contribution in [0.4, 0.5) is 0 Å². The van der Waals surface area contributed by atoms with Gasteiger partial charge in [-0.1, -0.05) is 25.1 Å². The SMILES string of the molecule is CC[C@@H](COC)NC(=O)CCCc1c[nH]c2ccccc12. The lowest BCUT2D eigenvalue weighted by Gasteiger charge is -2.15. The average Bonchev–Trinajstić information content (AvgIpc) is 2.90. The van der Waals surface area contributed by atoms with Gasteiger partial charge in [0.15, 0.2) is 0 Å². The Labute approximate surface area is 125 Å². The van der Waals surface area contributed by atoms with Gasteiger partial charge in [-0.2, -0.15) is 0 Å². The largest absolute Gasteiger partial charge is 0.383 e. The van der Waals surface area contributed by atoms with Crippen molar-refractivity contribution >= 4 is 16.8 Å². The van der Waals surface area contributed by atoms with Gasteiger partial charge in [-0.05, 0) is 30.9 Å². The van der Waals surface area contributed by atoms with Gasteiger partial charge in [-0.15, -0.1) is 0 Å². The number of aromatic amines is 1. The highest BCUT2D eigenvalue weighted by atomic mass is 16.5. The molecule has 0 bridgehead atoms. The monoisotopic (exact) mass is 288 g/mol. The van der Waals surface area contributed by atoms with Crippen LogP contribution in [0.3, 0.4) is 0 Å². The van der Waals surface area contributed by atoms with Crippen LogP contribution >= 0.6 is 0 Å². The van der Waals surface area contributed by atoms with Crippen LogP contribution in [0.5, 0.6) is 0 Å². The number of carbonyl (C=O) groups excluding carboxylic acids is 1. The van der Waals surface area contributed by atoms with Crippen LogP contribution in [0, 0.1) is 0 Å². The molecule has 1 amide bonds. The van der Waals surface area contributed by atoms with Gasteiger partial charge in [0.25, 0.3) is 0 Å². The van der Waals surface area contributed by atoms with Crippen molar-refractivity contribution in [3.63, 3.8) is 0 Å². The first-order valence-corrected chi connectivity index (χ1v) is 7.58. The zero-order valence-corrected chi connectivity index (χ0v) is 12.8. The fraction of sp³-hybridized carbons (Fsp3) is 0.471. The Morgan fingerprint density at radius 1 is 1.38 bits per heavy atom. The highest BCUT2D eigenvalue weighted by Crippen LogP contribution is 2.19. The van der Waals surface area contributed by atoms with Crippen LogP contribution in [-0.4, -0.2) is 30.6 Å². The lowest BCUT2D eigenvalue weighted by molar-refractivity contribution is -0.122. The van der Waals surface area contributed by atoms with Crippen molar-refractivity contribution < 1.29 is 9.53 Å². The van der Waals surface area contributed by atoms with Crippen LogP contribution < -0.4 is 5.32 Å². The summed E-state index contributed by atoms with van der Waals surface area (Å²) < 4.78 is 5.09. The number of hydrogen-bond donors (Lipinski definition) is 2. The summed E-state index contributed by atoms with van der Waals surface area (Å²) in [5.74, 6) is 0.110. The molecule has 0 saturated heterocycles. The molecule has 0 radical (unpaired) electrons. The van der Waals surface area contributed by atoms with Gasteiger partial charge in [0.05, 0.1) is 12.6 Å². The molecule has 0 aliphatic heterocycles. The second kappa shape index (κ2) is 7.84. The van der Waals surface area contributed by atoms with Crippen molar-refractivity contribution in [1.29, 1.82) is 0 Å². The standard InChI is InChI=1S/C17H24N2O2/c1-3-14(12-21-2)19-17(20)10-6-7-13-11-18-16-9-5-4-8-15(13)16/h4-5,8-9,11,14,18H,3,6-7,10,12H2,1-2H3,(H,19,20)/t14-/m0/s1. The van der Waals surface area contributed by atoms with Crippen molar-refractivity contribution in [2.45, 2.75) is 38.6 Å². The first-order valence-electron chi connectivity index (χ1n) is 7.58. The summed E-state index contributed by atoms with van der Waals surface area (Å²) in [5.41, 5.74) is 2.44. The first kappa shape index (κ1) is 15.6. The summed E-state index contributed by atoms with van der Waals surface area (Å²) in [4.78, 5) is 15.2. The molecule has 1 aromatic heterocycles. The quantitative estimate of drug-likeness (QED) is 0.784. The molecule has 1 heterocycles. The number of aromatic nitrogens is 1. The summed E-state index contributed by atoms with van der Waals surface area (Å²) >= 11 is 0. The van der Waals surface area contributed by atoms with E-state index in [2.05, 4.69) is 29.4 Å². The molecule has 0 unspecified atom stereocenters. The van der Waals surface area contributed by atoms with E-state index in [1.165, 1.54) is 10.9 Å². The number of benzene rings is 1. The Kier molecular flexibility index (Phi) is 5.81. The van der Waals surface area contributed by atoms with Gasteiger partial charge >= 0.3 is 0 Å². The minimum absolute atomic E-state index is 0.110. The van der Waals surface area contributed by atoms with E-state index < -0.39 is 0 Å². The normalized spacial score (nSPS) is 12.5. The number of amides is 1. The highest BCUT2D eigenvalue weighted by Gasteiger charge is 2.10. The number of H-pyrrole nitrogens is 1. The minimum atomic E-state index is 0.110. The molecular formula is C17H24N2O2. The van der Waals surface area contributed by atoms with Crippen LogP contribution in [0.15, 0.2) is 30.5 Å². The molecule has 0 aliphatic rings. The molecule has 114 valence electrons. The number of aryl methyl sites for hydroxylation is 1. The van der Waals surface area contributed by atoms with E-state index in [1.54, 1.807) is 7.11 Å². The van der Waals surface area contributed by atoms with Crippen molar-refractivity contribution in [2.75, 3.05) is 13.7 Å². The molecule has 0 spiro atoms. The third kappa shape index (κ3) is 4.33. The molecule has 1 aromatic carbocycles. The number of methoxy groups -OCH3 is 1. The summed E-state index contributed by atoms with van der Waals surface area (Å²) in [6, 6.07) is 8.38. The summed E-state index contributed by atoms with van der Waals surface area (Å²) in [6.07, 6.45) is 5.26. The smallest absolute Gasteiger partial charge is 0.220 e. The van der Waals surface area contributed by atoms with Crippen LogP contribution in [-0.2, 0) is 16.0 Å². The predicted octanol–water partition coefficient (Wildman–Crippen LogP) is 3.03. The van der Waals surface area contributed by atoms with E-state index >= 15 is 0 Å². The summed E-state index contributed by atoms with van der Waals surface area (Å²) in [7, 11) is 1.66. The highest BCUT2D eigenvalue weighted by molar-refractivity contribution is 5.83. The van der Waals surface area contributed by atoms with E-state index in [1.807, 2.05) is 18.3 Å². The second-order valence-corrected chi connectivity index (χ2v) is 5.34. The number of para-hydroxylation sites is 1. The molecular weight excluding hydrogens is 264 g/mol. The molecule has 0 saturated carbocycles. The maximum Gasteiger partial charge on any atom is 0.220 e. The van der Waals surface area contributed by atoms with Crippen molar-refractivity contribution in [1.82, 2.24) is 10.3 Å². The van der Waals surface area contributed by atoms with Gasteiger partial charge in [0, 0.05) is 30.6 Å². The minimum Gasteiger partial charge on any atom is -0.383 e. The molecule has 2 aromatic rings. The number of fused-ring (bicyclic) bond motifs is 1. The Bertz CT molecular complexity index is 577. The number of nitrogens with one attached hydrogen (secondary N) is 2. The van der Waals surface area contributed by atoms with Crippen molar-refractivity contribution in [3.05, 3.63) is 36.0 Å². The molecule has 21 heavy (non-hydrogen) atoms. The fourth-order valence-electron chi connectivity index (χ4n) is 2.54. The van der Waals surface area contributed by atoms with E-state index in [0.29, 0.717) is 13.0 Å². The zero-order chi connectivity index (χ0) is 15.1. The van der Waals surface area contributed by atoms with Crippen LogP contribution in [0.25, 0.3) is 10.9 Å². The Hall–Kier alpha value is -1.81.